The lowest BCUT2D eigenvalue weighted by atomic mass is 10.2. The van der Waals surface area contributed by atoms with Crippen LogP contribution in [0.15, 0.2) is 76.2 Å². The van der Waals surface area contributed by atoms with Gasteiger partial charge in [-0.15, -0.1) is 0 Å². The fourth-order valence-corrected chi connectivity index (χ4v) is 3.77. The van der Waals surface area contributed by atoms with E-state index < -0.39 is 15.9 Å². The third-order valence-electron chi connectivity index (χ3n) is 4.03. The highest BCUT2D eigenvalue weighted by atomic mass is 32.2. The van der Waals surface area contributed by atoms with Crippen molar-refractivity contribution in [2.75, 3.05) is 7.11 Å². The number of methoxy groups -OCH3 is 1. The van der Waals surface area contributed by atoms with Gasteiger partial charge in [-0.1, -0.05) is 30.3 Å². The van der Waals surface area contributed by atoms with Gasteiger partial charge in [-0.05, 0) is 35.9 Å². The topological polar surface area (TPSA) is 97.6 Å². The molecule has 0 spiro atoms. The van der Waals surface area contributed by atoms with Gasteiger partial charge >= 0.3 is 0 Å². The number of ether oxygens (including phenoxy) is 1. The third-order valence-corrected chi connectivity index (χ3v) is 5.45. The molecule has 0 unspecified atom stereocenters. The number of sulfonamides is 1. The van der Waals surface area contributed by atoms with Gasteiger partial charge < -0.3 is 14.5 Å². The van der Waals surface area contributed by atoms with Crippen LogP contribution >= 0.6 is 0 Å². The van der Waals surface area contributed by atoms with Crippen molar-refractivity contribution < 1.29 is 22.4 Å². The number of carbonyl (C=O) groups excluding carboxylic acids is 1. The van der Waals surface area contributed by atoms with E-state index in [-0.39, 0.29) is 29.3 Å². The first kappa shape index (κ1) is 19.7. The van der Waals surface area contributed by atoms with E-state index in [0.29, 0.717) is 5.76 Å². The molecule has 0 aliphatic heterocycles. The maximum atomic E-state index is 12.8. The molecule has 0 bridgehead atoms. The van der Waals surface area contributed by atoms with Crippen LogP contribution in [0.3, 0.4) is 0 Å². The second kappa shape index (κ2) is 8.73. The summed E-state index contributed by atoms with van der Waals surface area (Å²) in [6.45, 7) is 0.327. The van der Waals surface area contributed by atoms with E-state index >= 15 is 0 Å². The Balaban J connectivity index is 1.78. The Morgan fingerprint density at radius 1 is 1.04 bits per heavy atom. The SMILES string of the molecule is COc1ccc(C(=O)NCc2ccco2)cc1S(=O)(=O)NCc1ccccc1. The average molecular weight is 400 g/mol. The molecule has 2 aromatic carbocycles. The maximum absolute atomic E-state index is 12.8. The molecule has 0 atom stereocenters. The predicted molar refractivity (Wildman–Crippen MR) is 103 cm³/mol. The maximum Gasteiger partial charge on any atom is 0.251 e. The minimum Gasteiger partial charge on any atom is -0.495 e. The van der Waals surface area contributed by atoms with Crippen LogP contribution in [0.5, 0.6) is 5.75 Å². The molecule has 28 heavy (non-hydrogen) atoms. The van der Waals surface area contributed by atoms with E-state index in [4.69, 9.17) is 9.15 Å². The number of benzene rings is 2. The van der Waals surface area contributed by atoms with E-state index in [9.17, 15) is 13.2 Å². The molecule has 3 rings (SSSR count). The number of nitrogens with one attached hydrogen (secondary N) is 2. The molecule has 0 aliphatic rings. The van der Waals surface area contributed by atoms with Gasteiger partial charge in [0.1, 0.15) is 16.4 Å². The highest BCUT2D eigenvalue weighted by Gasteiger charge is 2.21. The van der Waals surface area contributed by atoms with Gasteiger partial charge in [0.2, 0.25) is 10.0 Å². The van der Waals surface area contributed by atoms with Crippen LogP contribution in [-0.2, 0) is 23.1 Å². The minimum atomic E-state index is -3.89. The van der Waals surface area contributed by atoms with Gasteiger partial charge in [0.25, 0.3) is 5.91 Å². The molecule has 0 radical (unpaired) electrons. The zero-order chi connectivity index (χ0) is 20.0. The van der Waals surface area contributed by atoms with Gasteiger partial charge in [0.05, 0.1) is 19.9 Å². The molecule has 1 aromatic heterocycles. The fourth-order valence-electron chi connectivity index (χ4n) is 2.56. The Labute approximate surface area is 163 Å². The summed E-state index contributed by atoms with van der Waals surface area (Å²) in [5.74, 6) is 0.334. The number of amides is 1. The molecule has 1 amide bonds. The third kappa shape index (κ3) is 4.79. The summed E-state index contributed by atoms with van der Waals surface area (Å²) < 4.78 is 38.4. The van der Waals surface area contributed by atoms with Gasteiger partial charge in [0, 0.05) is 12.1 Å². The lowest BCUT2D eigenvalue weighted by Gasteiger charge is -2.12. The van der Waals surface area contributed by atoms with Gasteiger partial charge in [-0.3, -0.25) is 4.79 Å². The largest absolute Gasteiger partial charge is 0.495 e. The molecule has 0 aliphatic carbocycles. The summed E-state index contributed by atoms with van der Waals surface area (Å²) in [5, 5.41) is 2.69. The number of carbonyl (C=O) groups is 1. The first-order valence-corrected chi connectivity index (χ1v) is 10.00. The standard InChI is InChI=1S/C20H20N2O5S/c1-26-18-10-9-16(20(23)21-14-17-8-5-11-27-17)12-19(18)28(24,25)22-13-15-6-3-2-4-7-15/h2-12,22H,13-14H2,1H3,(H,21,23). The molecule has 146 valence electrons. The predicted octanol–water partition coefficient (Wildman–Crippen LogP) is 2.70. The summed E-state index contributed by atoms with van der Waals surface area (Å²) >= 11 is 0. The highest BCUT2D eigenvalue weighted by Crippen LogP contribution is 2.25. The normalized spacial score (nSPS) is 11.2. The first-order valence-electron chi connectivity index (χ1n) is 8.52. The Kier molecular flexibility index (Phi) is 6.13. The highest BCUT2D eigenvalue weighted by molar-refractivity contribution is 7.89. The fraction of sp³-hybridized carbons (Fsp3) is 0.150. The second-order valence-corrected chi connectivity index (χ2v) is 7.67. The summed E-state index contributed by atoms with van der Waals surface area (Å²) in [4.78, 5) is 12.3. The van der Waals surface area contributed by atoms with Gasteiger partial charge in [0.15, 0.2) is 0 Å². The molecule has 1 heterocycles. The number of furan rings is 1. The smallest absolute Gasteiger partial charge is 0.251 e. The van der Waals surface area contributed by atoms with Crippen molar-refractivity contribution in [3.8, 4) is 5.75 Å². The van der Waals surface area contributed by atoms with Crippen LogP contribution in [0.1, 0.15) is 21.7 Å². The molecule has 3 aromatic rings. The molecule has 7 nitrogen and oxygen atoms in total. The Hall–Kier alpha value is -3.10. The molecular weight excluding hydrogens is 380 g/mol. The van der Waals surface area contributed by atoms with Crippen LogP contribution in [0.2, 0.25) is 0 Å². The Morgan fingerprint density at radius 3 is 2.50 bits per heavy atom. The van der Waals surface area contributed by atoms with Crippen LogP contribution in [0.4, 0.5) is 0 Å². The lowest BCUT2D eigenvalue weighted by Crippen LogP contribution is -2.26. The van der Waals surface area contributed by atoms with E-state index in [2.05, 4.69) is 10.0 Å². The monoisotopic (exact) mass is 400 g/mol. The van der Waals surface area contributed by atoms with E-state index in [1.54, 1.807) is 12.1 Å². The quantitative estimate of drug-likeness (QED) is 0.606. The number of rotatable bonds is 8. The van der Waals surface area contributed by atoms with Gasteiger partial charge in [-0.2, -0.15) is 0 Å². The summed E-state index contributed by atoms with van der Waals surface area (Å²) in [5.41, 5.74) is 1.02. The van der Waals surface area contributed by atoms with Crippen LogP contribution < -0.4 is 14.8 Å². The average Bonchev–Trinajstić information content (AvgIpc) is 3.24. The molecule has 2 N–H and O–H groups in total. The van der Waals surface area contributed by atoms with E-state index in [0.717, 1.165) is 5.56 Å². The van der Waals surface area contributed by atoms with Crippen molar-refractivity contribution in [2.24, 2.45) is 0 Å². The summed E-state index contributed by atoms with van der Waals surface area (Å²) in [7, 11) is -2.51. The summed E-state index contributed by atoms with van der Waals surface area (Å²) in [6.07, 6.45) is 1.51. The van der Waals surface area contributed by atoms with Crippen molar-refractivity contribution in [3.63, 3.8) is 0 Å². The number of hydrogen-bond donors (Lipinski definition) is 2. The molecular formula is C20H20N2O5S. The van der Waals surface area contributed by atoms with E-state index in [1.165, 1.54) is 31.6 Å². The van der Waals surface area contributed by atoms with Crippen molar-refractivity contribution in [3.05, 3.63) is 83.8 Å². The zero-order valence-electron chi connectivity index (χ0n) is 15.2. The van der Waals surface area contributed by atoms with Crippen molar-refractivity contribution in [2.45, 2.75) is 18.0 Å². The molecule has 0 saturated heterocycles. The van der Waals surface area contributed by atoms with Crippen molar-refractivity contribution in [1.82, 2.24) is 10.0 Å². The lowest BCUT2D eigenvalue weighted by molar-refractivity contribution is 0.0947. The Morgan fingerprint density at radius 2 is 1.82 bits per heavy atom. The minimum absolute atomic E-state index is 0.100. The zero-order valence-corrected chi connectivity index (χ0v) is 16.0. The van der Waals surface area contributed by atoms with Crippen LogP contribution in [0.25, 0.3) is 0 Å². The summed E-state index contributed by atoms with van der Waals surface area (Å²) in [6, 6.07) is 16.9. The van der Waals surface area contributed by atoms with Crippen LogP contribution in [-0.4, -0.2) is 21.4 Å². The van der Waals surface area contributed by atoms with Crippen molar-refractivity contribution >= 4 is 15.9 Å². The molecule has 0 fully saturated rings. The van der Waals surface area contributed by atoms with Gasteiger partial charge in [-0.25, -0.2) is 13.1 Å². The second-order valence-electron chi connectivity index (χ2n) is 5.94. The van der Waals surface area contributed by atoms with Crippen molar-refractivity contribution in [1.29, 1.82) is 0 Å². The first-order chi connectivity index (χ1) is 13.5. The number of hydrogen-bond acceptors (Lipinski definition) is 5. The van der Waals surface area contributed by atoms with E-state index in [1.807, 2.05) is 30.3 Å². The Bertz CT molecular complexity index is 1030. The molecule has 8 heteroatoms. The van der Waals surface area contributed by atoms with Crippen LogP contribution in [0, 0.1) is 0 Å². The molecule has 0 saturated carbocycles.